The summed E-state index contributed by atoms with van der Waals surface area (Å²) in [6, 6.07) is 9.60. The van der Waals surface area contributed by atoms with E-state index >= 15 is 0 Å². The normalized spacial score (nSPS) is 22.7. The minimum atomic E-state index is -1.09. The van der Waals surface area contributed by atoms with Gasteiger partial charge < -0.3 is 16.2 Å². The zero-order valence-corrected chi connectivity index (χ0v) is 13.5. The number of nitrogens with two attached hydrogens (primary N) is 1. The summed E-state index contributed by atoms with van der Waals surface area (Å²) in [5.74, 6) is 0.975. The highest BCUT2D eigenvalue weighted by Gasteiger charge is 2.43. The molecule has 0 bridgehead atoms. The summed E-state index contributed by atoms with van der Waals surface area (Å²) in [7, 11) is 0. The van der Waals surface area contributed by atoms with E-state index in [1.165, 1.54) is 0 Å². The lowest BCUT2D eigenvalue weighted by Crippen LogP contribution is -2.50. The fourth-order valence-corrected chi connectivity index (χ4v) is 3.54. The minimum Gasteiger partial charge on any atom is -0.379 e. The van der Waals surface area contributed by atoms with Crippen molar-refractivity contribution in [2.75, 3.05) is 18.6 Å². The lowest BCUT2D eigenvalue weighted by atomic mass is 9.76. The molecular weight excluding hydrogens is 280 g/mol. The molecule has 4 heteroatoms. The highest BCUT2D eigenvalue weighted by Crippen LogP contribution is 2.37. The molecule has 0 unspecified atom stereocenters. The maximum atomic E-state index is 11.5. The largest absolute Gasteiger partial charge is 0.379 e. The van der Waals surface area contributed by atoms with E-state index < -0.39 is 5.60 Å². The second kappa shape index (κ2) is 7.45. The summed E-state index contributed by atoms with van der Waals surface area (Å²) < 4.78 is 0. The Balaban J connectivity index is 2.29. The lowest BCUT2D eigenvalue weighted by molar-refractivity contribution is 0.0348. The zero-order valence-electron chi connectivity index (χ0n) is 12.7. The Bertz CT molecular complexity index is 459. The number of thioether (sulfide) groups is 1. The highest BCUT2D eigenvalue weighted by atomic mass is 32.2. The molecule has 1 aromatic rings. The van der Waals surface area contributed by atoms with Crippen LogP contribution in [0, 0.1) is 0 Å². The van der Waals surface area contributed by atoms with E-state index in [9.17, 15) is 5.11 Å². The molecule has 1 saturated heterocycles. The second-order valence-corrected chi connectivity index (χ2v) is 6.68. The Morgan fingerprint density at radius 1 is 1.52 bits per heavy atom. The average molecular weight is 306 g/mol. The van der Waals surface area contributed by atoms with E-state index in [0.29, 0.717) is 0 Å². The van der Waals surface area contributed by atoms with Gasteiger partial charge in [-0.2, -0.15) is 11.8 Å². The summed E-state index contributed by atoms with van der Waals surface area (Å²) >= 11 is 1.77. The van der Waals surface area contributed by atoms with E-state index in [1.807, 2.05) is 30.3 Å². The van der Waals surface area contributed by atoms with Gasteiger partial charge in [0.2, 0.25) is 0 Å². The summed E-state index contributed by atoms with van der Waals surface area (Å²) in [6.07, 6.45) is 4.92. The molecule has 3 atom stereocenters. The number of rotatable bonds is 7. The van der Waals surface area contributed by atoms with Gasteiger partial charge in [-0.3, -0.25) is 0 Å². The number of benzene rings is 1. The molecule has 1 fully saturated rings. The van der Waals surface area contributed by atoms with Crippen LogP contribution < -0.4 is 11.1 Å². The van der Waals surface area contributed by atoms with Gasteiger partial charge in [0.25, 0.3) is 0 Å². The molecule has 1 aliphatic rings. The molecule has 21 heavy (non-hydrogen) atoms. The Hall–Kier alpha value is -0.810. The standard InChI is InChI=1S/C17H26N2OS/c1-13(15(18)10-12-21-2)17(20,16-9-6-11-19-16)14-7-4-3-5-8-14/h3-5,7-8,15-16,19-20H,1,6,9-12,18H2,2H3/t15-,16-,17+/m0/s1. The van der Waals surface area contributed by atoms with Crippen LogP contribution in [-0.2, 0) is 5.60 Å². The number of aliphatic hydroxyl groups is 1. The van der Waals surface area contributed by atoms with Gasteiger partial charge >= 0.3 is 0 Å². The van der Waals surface area contributed by atoms with Crippen LogP contribution >= 0.6 is 11.8 Å². The highest BCUT2D eigenvalue weighted by molar-refractivity contribution is 7.98. The molecule has 0 aromatic heterocycles. The number of nitrogens with one attached hydrogen (secondary N) is 1. The monoisotopic (exact) mass is 306 g/mol. The van der Waals surface area contributed by atoms with Crippen molar-refractivity contribution in [2.45, 2.75) is 36.9 Å². The molecule has 1 heterocycles. The van der Waals surface area contributed by atoms with Crippen LogP contribution in [0.3, 0.4) is 0 Å². The average Bonchev–Trinajstić information content (AvgIpc) is 3.06. The smallest absolute Gasteiger partial charge is 0.127 e. The third-order valence-electron chi connectivity index (χ3n) is 4.35. The van der Waals surface area contributed by atoms with Crippen LogP contribution in [0.4, 0.5) is 0 Å². The molecule has 0 spiro atoms. The SMILES string of the molecule is C=C([C@@H](N)CCSC)[C@@](O)(c1ccccc1)[C@@H]1CCCN1. The van der Waals surface area contributed by atoms with Crippen molar-refractivity contribution in [1.82, 2.24) is 5.32 Å². The molecule has 0 radical (unpaired) electrons. The van der Waals surface area contributed by atoms with E-state index in [4.69, 9.17) is 5.73 Å². The van der Waals surface area contributed by atoms with E-state index in [0.717, 1.165) is 42.7 Å². The van der Waals surface area contributed by atoms with Gasteiger partial charge in [-0.15, -0.1) is 0 Å². The van der Waals surface area contributed by atoms with Gasteiger partial charge in [0.15, 0.2) is 0 Å². The zero-order chi connectivity index (χ0) is 15.3. The molecule has 0 amide bonds. The van der Waals surface area contributed by atoms with Gasteiger partial charge in [0.05, 0.1) is 0 Å². The van der Waals surface area contributed by atoms with Gasteiger partial charge in [0, 0.05) is 12.1 Å². The minimum absolute atomic E-state index is 0.00673. The Kier molecular flexibility index (Phi) is 5.88. The predicted octanol–water partition coefficient (Wildman–Crippen LogP) is 2.26. The molecule has 0 aliphatic carbocycles. The van der Waals surface area contributed by atoms with Gasteiger partial charge in [-0.05, 0) is 49.0 Å². The topological polar surface area (TPSA) is 58.3 Å². The summed E-state index contributed by atoms with van der Waals surface area (Å²) in [6.45, 7) is 5.11. The van der Waals surface area contributed by atoms with Crippen molar-refractivity contribution in [2.24, 2.45) is 5.73 Å². The molecule has 116 valence electrons. The van der Waals surface area contributed by atoms with E-state index in [-0.39, 0.29) is 12.1 Å². The van der Waals surface area contributed by atoms with Crippen LogP contribution in [0.15, 0.2) is 42.5 Å². The number of hydrogen-bond donors (Lipinski definition) is 3. The Morgan fingerprint density at radius 2 is 2.24 bits per heavy atom. The maximum absolute atomic E-state index is 11.5. The molecule has 2 rings (SSSR count). The fourth-order valence-electron chi connectivity index (χ4n) is 3.05. The Labute approximate surface area is 132 Å². The van der Waals surface area contributed by atoms with Crippen molar-refractivity contribution in [3.05, 3.63) is 48.0 Å². The second-order valence-electron chi connectivity index (χ2n) is 5.69. The molecule has 3 nitrogen and oxygen atoms in total. The molecule has 1 aliphatic heterocycles. The maximum Gasteiger partial charge on any atom is 0.127 e. The van der Waals surface area contributed by atoms with Crippen LogP contribution in [0.25, 0.3) is 0 Å². The first-order valence-corrected chi connectivity index (χ1v) is 8.95. The first-order chi connectivity index (χ1) is 10.1. The molecule has 4 N–H and O–H groups in total. The van der Waals surface area contributed by atoms with E-state index in [1.54, 1.807) is 11.8 Å². The molecular formula is C17H26N2OS. The molecule has 1 aromatic carbocycles. The first-order valence-electron chi connectivity index (χ1n) is 7.55. The van der Waals surface area contributed by atoms with E-state index in [2.05, 4.69) is 18.2 Å². The van der Waals surface area contributed by atoms with Crippen LogP contribution in [0.5, 0.6) is 0 Å². The predicted molar refractivity (Wildman–Crippen MR) is 91.5 cm³/mol. The third-order valence-corrected chi connectivity index (χ3v) is 4.99. The quantitative estimate of drug-likeness (QED) is 0.676. The summed E-state index contributed by atoms with van der Waals surface area (Å²) in [5.41, 5.74) is 6.81. The van der Waals surface area contributed by atoms with Crippen LogP contribution in [0.1, 0.15) is 24.8 Å². The lowest BCUT2D eigenvalue weighted by Gasteiger charge is -2.39. The third kappa shape index (κ3) is 3.51. The first kappa shape index (κ1) is 16.6. The van der Waals surface area contributed by atoms with Crippen molar-refractivity contribution in [3.63, 3.8) is 0 Å². The summed E-state index contributed by atoms with van der Waals surface area (Å²) in [5, 5.41) is 14.9. The van der Waals surface area contributed by atoms with Crippen molar-refractivity contribution in [1.29, 1.82) is 0 Å². The fraction of sp³-hybridized carbons (Fsp3) is 0.529. The van der Waals surface area contributed by atoms with Crippen molar-refractivity contribution in [3.8, 4) is 0 Å². The van der Waals surface area contributed by atoms with Gasteiger partial charge in [0.1, 0.15) is 5.60 Å². The van der Waals surface area contributed by atoms with Crippen LogP contribution in [0.2, 0.25) is 0 Å². The van der Waals surface area contributed by atoms with Crippen molar-refractivity contribution < 1.29 is 5.11 Å². The Morgan fingerprint density at radius 3 is 2.81 bits per heavy atom. The van der Waals surface area contributed by atoms with Gasteiger partial charge in [-0.25, -0.2) is 0 Å². The van der Waals surface area contributed by atoms with Crippen LogP contribution in [-0.4, -0.2) is 35.7 Å². The summed E-state index contributed by atoms with van der Waals surface area (Å²) in [4.78, 5) is 0. The number of hydrogen-bond acceptors (Lipinski definition) is 4. The molecule has 0 saturated carbocycles. The van der Waals surface area contributed by atoms with Crippen molar-refractivity contribution >= 4 is 11.8 Å². The van der Waals surface area contributed by atoms with Gasteiger partial charge in [-0.1, -0.05) is 36.9 Å².